The van der Waals surface area contributed by atoms with Crippen LogP contribution >= 0.6 is 0 Å². The minimum atomic E-state index is 0.888. The van der Waals surface area contributed by atoms with Crippen molar-refractivity contribution < 1.29 is 0 Å². The zero-order valence-corrected chi connectivity index (χ0v) is 9.89. The maximum atomic E-state index is 4.53. The van der Waals surface area contributed by atoms with Crippen molar-refractivity contribution in [1.29, 1.82) is 0 Å². The smallest absolute Gasteiger partial charge is 0.145 e. The van der Waals surface area contributed by atoms with Gasteiger partial charge in [-0.1, -0.05) is 25.0 Å². The van der Waals surface area contributed by atoms with Gasteiger partial charge in [-0.15, -0.1) is 0 Å². The summed E-state index contributed by atoms with van der Waals surface area (Å²) in [5.41, 5.74) is 1.91. The van der Waals surface area contributed by atoms with E-state index in [9.17, 15) is 0 Å². The predicted molar refractivity (Wildman–Crippen MR) is 70.0 cm³/mol. The molecule has 0 bridgehead atoms. The third-order valence-electron chi connectivity index (χ3n) is 3.24. The number of benzene rings is 1. The molecule has 1 saturated carbocycles. The van der Waals surface area contributed by atoms with Crippen molar-refractivity contribution in [3.63, 3.8) is 0 Å². The van der Waals surface area contributed by atoms with Gasteiger partial charge in [0.15, 0.2) is 0 Å². The van der Waals surface area contributed by atoms with Gasteiger partial charge in [-0.2, -0.15) is 0 Å². The molecule has 1 fully saturated rings. The molecule has 3 heteroatoms. The molecule has 0 aliphatic heterocycles. The normalized spacial score (nSPS) is 15.1. The first kappa shape index (κ1) is 10.5. The third-order valence-corrected chi connectivity index (χ3v) is 3.24. The quantitative estimate of drug-likeness (QED) is 0.797. The van der Waals surface area contributed by atoms with E-state index in [1.54, 1.807) is 0 Å². The van der Waals surface area contributed by atoms with E-state index >= 15 is 0 Å². The second-order valence-corrected chi connectivity index (χ2v) is 4.76. The Morgan fingerprint density at radius 2 is 2.00 bits per heavy atom. The van der Waals surface area contributed by atoms with Crippen LogP contribution in [0, 0.1) is 5.92 Å². The number of hydrogen-bond donors (Lipinski definition) is 1. The van der Waals surface area contributed by atoms with Crippen molar-refractivity contribution in [2.45, 2.75) is 25.7 Å². The van der Waals surface area contributed by atoms with E-state index in [4.69, 9.17) is 0 Å². The van der Waals surface area contributed by atoms with Gasteiger partial charge in [0.1, 0.15) is 5.82 Å². The predicted octanol–water partition coefficient (Wildman–Crippen LogP) is 3.23. The van der Waals surface area contributed by atoms with E-state index in [0.717, 1.165) is 29.3 Å². The van der Waals surface area contributed by atoms with Gasteiger partial charge in [-0.25, -0.2) is 4.98 Å². The molecular formula is C14H17N3. The van der Waals surface area contributed by atoms with E-state index in [1.807, 2.05) is 30.5 Å². The van der Waals surface area contributed by atoms with Gasteiger partial charge in [-0.3, -0.25) is 4.98 Å². The molecule has 0 spiro atoms. The second-order valence-electron chi connectivity index (χ2n) is 4.76. The average molecular weight is 227 g/mol. The van der Waals surface area contributed by atoms with Crippen molar-refractivity contribution >= 4 is 16.9 Å². The van der Waals surface area contributed by atoms with Gasteiger partial charge in [0.25, 0.3) is 0 Å². The first-order chi connectivity index (χ1) is 8.42. The number of fused-ring (bicyclic) bond motifs is 1. The Balaban J connectivity index is 1.59. The standard InChI is InChI=1S/C14H17N3/c1-2-6-13-12(5-1)16-10-14(17-13)15-9-3-4-11-7-8-11/h1-2,5-6,10-11H,3-4,7-9H2,(H,15,17). The van der Waals surface area contributed by atoms with Crippen LogP contribution in [-0.4, -0.2) is 16.5 Å². The Hall–Kier alpha value is -1.64. The summed E-state index contributed by atoms with van der Waals surface area (Å²) in [6, 6.07) is 7.96. The summed E-state index contributed by atoms with van der Waals surface area (Å²) in [6.07, 6.45) is 7.29. The van der Waals surface area contributed by atoms with Crippen LogP contribution in [-0.2, 0) is 0 Å². The molecule has 2 aromatic rings. The number of aromatic nitrogens is 2. The summed E-state index contributed by atoms with van der Waals surface area (Å²) in [7, 11) is 0. The van der Waals surface area contributed by atoms with Crippen LogP contribution in [0.4, 0.5) is 5.82 Å². The van der Waals surface area contributed by atoms with E-state index in [-0.39, 0.29) is 0 Å². The van der Waals surface area contributed by atoms with Crippen LogP contribution in [0.1, 0.15) is 25.7 Å². The summed E-state index contributed by atoms with van der Waals surface area (Å²) in [5, 5.41) is 3.35. The molecule has 88 valence electrons. The molecule has 0 atom stereocenters. The van der Waals surface area contributed by atoms with Crippen molar-refractivity contribution in [2.75, 3.05) is 11.9 Å². The Morgan fingerprint density at radius 1 is 1.18 bits per heavy atom. The van der Waals surface area contributed by atoms with Crippen molar-refractivity contribution in [3.8, 4) is 0 Å². The molecule has 0 saturated heterocycles. The molecule has 3 rings (SSSR count). The van der Waals surface area contributed by atoms with Crippen LogP contribution in [0.15, 0.2) is 30.5 Å². The topological polar surface area (TPSA) is 37.8 Å². The third kappa shape index (κ3) is 2.73. The fourth-order valence-electron chi connectivity index (χ4n) is 2.06. The maximum Gasteiger partial charge on any atom is 0.145 e. The Kier molecular flexibility index (Phi) is 2.90. The number of nitrogens with zero attached hydrogens (tertiary/aromatic N) is 2. The lowest BCUT2D eigenvalue weighted by Gasteiger charge is -2.05. The number of para-hydroxylation sites is 2. The molecule has 0 radical (unpaired) electrons. The highest BCUT2D eigenvalue weighted by molar-refractivity contribution is 5.75. The minimum absolute atomic E-state index is 0.888. The van der Waals surface area contributed by atoms with Crippen LogP contribution < -0.4 is 5.32 Å². The highest BCUT2D eigenvalue weighted by Gasteiger charge is 2.19. The molecule has 1 aromatic heterocycles. The zero-order chi connectivity index (χ0) is 11.5. The lowest BCUT2D eigenvalue weighted by molar-refractivity contribution is 0.686. The molecule has 1 aliphatic carbocycles. The number of nitrogens with one attached hydrogen (secondary N) is 1. The van der Waals surface area contributed by atoms with Gasteiger partial charge >= 0.3 is 0 Å². The summed E-state index contributed by atoms with van der Waals surface area (Å²) < 4.78 is 0. The summed E-state index contributed by atoms with van der Waals surface area (Å²) in [5.74, 6) is 1.90. The lowest BCUT2D eigenvalue weighted by Crippen LogP contribution is -2.04. The SMILES string of the molecule is c1ccc2nc(NCCCC3CC3)cnc2c1. The van der Waals surface area contributed by atoms with Gasteiger partial charge < -0.3 is 5.32 Å². The molecule has 3 nitrogen and oxygen atoms in total. The highest BCUT2D eigenvalue weighted by Crippen LogP contribution is 2.33. The van der Waals surface area contributed by atoms with E-state index in [0.29, 0.717) is 0 Å². The molecule has 1 aliphatic rings. The van der Waals surface area contributed by atoms with E-state index in [1.165, 1.54) is 25.7 Å². The Labute approximate surface area is 101 Å². The number of anilines is 1. The average Bonchev–Trinajstić information content (AvgIpc) is 3.18. The van der Waals surface area contributed by atoms with Gasteiger partial charge in [0.2, 0.25) is 0 Å². The lowest BCUT2D eigenvalue weighted by atomic mass is 10.2. The monoisotopic (exact) mass is 227 g/mol. The highest BCUT2D eigenvalue weighted by atomic mass is 15.0. The first-order valence-electron chi connectivity index (χ1n) is 6.37. The maximum absolute atomic E-state index is 4.53. The van der Waals surface area contributed by atoms with Crippen molar-refractivity contribution in [3.05, 3.63) is 30.5 Å². The van der Waals surface area contributed by atoms with Crippen molar-refractivity contribution in [2.24, 2.45) is 5.92 Å². The summed E-state index contributed by atoms with van der Waals surface area (Å²) >= 11 is 0. The summed E-state index contributed by atoms with van der Waals surface area (Å²) in [4.78, 5) is 8.92. The zero-order valence-electron chi connectivity index (χ0n) is 9.89. The van der Waals surface area contributed by atoms with Crippen LogP contribution in [0.25, 0.3) is 11.0 Å². The van der Waals surface area contributed by atoms with Gasteiger partial charge in [0.05, 0.1) is 17.2 Å². The Morgan fingerprint density at radius 3 is 2.82 bits per heavy atom. The minimum Gasteiger partial charge on any atom is -0.369 e. The summed E-state index contributed by atoms with van der Waals surface area (Å²) in [6.45, 7) is 1.00. The van der Waals surface area contributed by atoms with Gasteiger partial charge in [-0.05, 0) is 30.9 Å². The largest absolute Gasteiger partial charge is 0.369 e. The number of hydrogen-bond acceptors (Lipinski definition) is 3. The second kappa shape index (κ2) is 4.70. The molecule has 0 unspecified atom stereocenters. The van der Waals surface area contributed by atoms with Crippen LogP contribution in [0.5, 0.6) is 0 Å². The molecule has 1 N–H and O–H groups in total. The van der Waals surface area contributed by atoms with E-state index < -0.39 is 0 Å². The van der Waals surface area contributed by atoms with Gasteiger partial charge in [0, 0.05) is 6.54 Å². The molecule has 17 heavy (non-hydrogen) atoms. The first-order valence-corrected chi connectivity index (χ1v) is 6.37. The van der Waals surface area contributed by atoms with Crippen LogP contribution in [0.2, 0.25) is 0 Å². The molecule has 1 aromatic carbocycles. The molecule has 1 heterocycles. The fourth-order valence-corrected chi connectivity index (χ4v) is 2.06. The van der Waals surface area contributed by atoms with Crippen LogP contribution in [0.3, 0.4) is 0 Å². The molecule has 0 amide bonds. The molecular weight excluding hydrogens is 210 g/mol. The van der Waals surface area contributed by atoms with E-state index in [2.05, 4.69) is 15.3 Å². The number of rotatable bonds is 5. The van der Waals surface area contributed by atoms with Crippen molar-refractivity contribution in [1.82, 2.24) is 9.97 Å². The Bertz CT molecular complexity index is 506. The fraction of sp³-hybridized carbons (Fsp3) is 0.429.